The summed E-state index contributed by atoms with van der Waals surface area (Å²) < 4.78 is 0. The highest BCUT2D eigenvalue weighted by molar-refractivity contribution is 6.30. The van der Waals surface area contributed by atoms with E-state index in [0.717, 1.165) is 11.1 Å². The molecule has 0 spiro atoms. The Morgan fingerprint density at radius 2 is 1.77 bits per heavy atom. The summed E-state index contributed by atoms with van der Waals surface area (Å²) >= 11 is 5.95. The molecule has 0 saturated carbocycles. The Morgan fingerprint density at radius 1 is 1.04 bits per heavy atom. The highest BCUT2D eigenvalue weighted by Gasteiger charge is 2.28. The molecule has 1 aliphatic rings. The average molecular weight is 371 g/mol. The van der Waals surface area contributed by atoms with E-state index in [0.29, 0.717) is 36.6 Å². The van der Waals surface area contributed by atoms with E-state index in [1.165, 1.54) is 5.56 Å². The van der Waals surface area contributed by atoms with Crippen molar-refractivity contribution in [3.63, 3.8) is 0 Å². The number of carbonyl (C=O) groups excluding carboxylic acids is 2. The van der Waals surface area contributed by atoms with Crippen molar-refractivity contribution >= 4 is 29.1 Å². The van der Waals surface area contributed by atoms with Gasteiger partial charge in [0.15, 0.2) is 0 Å². The second kappa shape index (κ2) is 7.92. The van der Waals surface area contributed by atoms with Gasteiger partial charge in [0.2, 0.25) is 5.91 Å². The molecule has 4 nitrogen and oxygen atoms in total. The molecule has 1 aliphatic heterocycles. The van der Waals surface area contributed by atoms with E-state index in [-0.39, 0.29) is 17.7 Å². The van der Waals surface area contributed by atoms with Gasteiger partial charge in [-0.05, 0) is 68.1 Å². The number of hydrogen-bond donors (Lipinski definition) is 1. The number of hydrogen-bond acceptors (Lipinski definition) is 2. The number of halogens is 1. The number of aryl methyl sites for hydroxylation is 2. The van der Waals surface area contributed by atoms with Crippen molar-refractivity contribution in [1.82, 2.24) is 4.90 Å². The Balaban J connectivity index is 1.57. The third kappa shape index (κ3) is 4.25. The number of likely N-dealkylation sites (tertiary alicyclic amines) is 1. The van der Waals surface area contributed by atoms with Gasteiger partial charge in [-0.1, -0.05) is 23.7 Å². The van der Waals surface area contributed by atoms with Gasteiger partial charge in [0, 0.05) is 35.3 Å². The van der Waals surface area contributed by atoms with E-state index in [9.17, 15) is 9.59 Å². The fraction of sp³-hybridized carbons (Fsp3) is 0.333. The zero-order chi connectivity index (χ0) is 18.7. The first-order valence-electron chi connectivity index (χ1n) is 8.87. The van der Waals surface area contributed by atoms with Crippen molar-refractivity contribution < 1.29 is 9.59 Å². The van der Waals surface area contributed by atoms with Crippen LogP contribution in [0.15, 0.2) is 42.5 Å². The molecular weight excluding hydrogens is 348 g/mol. The summed E-state index contributed by atoms with van der Waals surface area (Å²) in [5.41, 5.74) is 3.72. The minimum atomic E-state index is -0.0854. The molecule has 2 aromatic rings. The molecule has 0 bridgehead atoms. The molecule has 26 heavy (non-hydrogen) atoms. The summed E-state index contributed by atoms with van der Waals surface area (Å²) in [5.74, 6) is -0.0508. The molecule has 1 heterocycles. The van der Waals surface area contributed by atoms with Gasteiger partial charge in [-0.25, -0.2) is 0 Å². The highest BCUT2D eigenvalue weighted by atomic mass is 35.5. The van der Waals surface area contributed by atoms with Crippen molar-refractivity contribution in [2.75, 3.05) is 18.4 Å². The number of benzene rings is 2. The van der Waals surface area contributed by atoms with Crippen LogP contribution in [0.4, 0.5) is 5.69 Å². The topological polar surface area (TPSA) is 49.4 Å². The standard InChI is InChI=1S/C21H23ClN2O2/c1-14-6-7-17(12-15(14)2)21(26)24-10-8-16(9-11-24)20(25)23-19-5-3-4-18(22)13-19/h3-7,12-13,16H,8-11H2,1-2H3,(H,23,25). The number of carbonyl (C=O) groups is 2. The number of nitrogens with zero attached hydrogens (tertiary/aromatic N) is 1. The molecule has 5 heteroatoms. The van der Waals surface area contributed by atoms with E-state index in [1.54, 1.807) is 12.1 Å². The highest BCUT2D eigenvalue weighted by Crippen LogP contribution is 2.22. The van der Waals surface area contributed by atoms with Crippen LogP contribution in [0.3, 0.4) is 0 Å². The summed E-state index contributed by atoms with van der Waals surface area (Å²) in [6.07, 6.45) is 1.34. The Hall–Kier alpha value is -2.33. The van der Waals surface area contributed by atoms with Gasteiger partial charge in [0.25, 0.3) is 5.91 Å². The van der Waals surface area contributed by atoms with Gasteiger partial charge in [-0.3, -0.25) is 9.59 Å². The normalized spacial score (nSPS) is 15.0. The lowest BCUT2D eigenvalue weighted by Gasteiger charge is -2.31. The second-order valence-electron chi connectivity index (χ2n) is 6.87. The molecule has 0 aromatic heterocycles. The van der Waals surface area contributed by atoms with Crippen LogP contribution >= 0.6 is 11.6 Å². The van der Waals surface area contributed by atoms with Crippen molar-refractivity contribution in [2.45, 2.75) is 26.7 Å². The predicted octanol–water partition coefficient (Wildman–Crippen LogP) is 4.45. The summed E-state index contributed by atoms with van der Waals surface area (Å²) in [4.78, 5) is 27.0. The Kier molecular flexibility index (Phi) is 5.62. The van der Waals surface area contributed by atoms with Crippen LogP contribution in [0.2, 0.25) is 5.02 Å². The quantitative estimate of drug-likeness (QED) is 0.867. The maximum absolute atomic E-state index is 12.7. The minimum Gasteiger partial charge on any atom is -0.339 e. The van der Waals surface area contributed by atoms with Crippen LogP contribution < -0.4 is 5.32 Å². The molecule has 0 unspecified atom stereocenters. The summed E-state index contributed by atoms with van der Waals surface area (Å²) in [7, 11) is 0. The molecule has 2 aromatic carbocycles. The number of nitrogens with one attached hydrogen (secondary N) is 1. The van der Waals surface area contributed by atoms with E-state index >= 15 is 0 Å². The molecular formula is C21H23ClN2O2. The molecule has 0 atom stereocenters. The fourth-order valence-electron chi connectivity index (χ4n) is 3.21. The smallest absolute Gasteiger partial charge is 0.253 e. The molecule has 1 N–H and O–H groups in total. The van der Waals surface area contributed by atoms with Crippen LogP contribution in [0.5, 0.6) is 0 Å². The summed E-state index contributed by atoms with van der Waals surface area (Å²) in [5, 5.41) is 3.51. The first-order valence-corrected chi connectivity index (χ1v) is 9.25. The molecule has 1 saturated heterocycles. The van der Waals surface area contributed by atoms with Crippen LogP contribution in [-0.2, 0) is 4.79 Å². The van der Waals surface area contributed by atoms with Crippen LogP contribution in [0.25, 0.3) is 0 Å². The second-order valence-corrected chi connectivity index (χ2v) is 7.30. The Labute approximate surface area is 159 Å². The third-order valence-electron chi connectivity index (χ3n) is 5.00. The third-order valence-corrected chi connectivity index (χ3v) is 5.23. The Bertz CT molecular complexity index is 827. The van der Waals surface area contributed by atoms with Crippen LogP contribution in [-0.4, -0.2) is 29.8 Å². The van der Waals surface area contributed by atoms with Crippen molar-refractivity contribution in [3.8, 4) is 0 Å². The predicted molar refractivity (Wildman–Crippen MR) is 105 cm³/mol. The SMILES string of the molecule is Cc1ccc(C(=O)N2CCC(C(=O)Nc3cccc(Cl)c3)CC2)cc1C. The zero-order valence-corrected chi connectivity index (χ0v) is 15.8. The maximum atomic E-state index is 12.7. The van der Waals surface area contributed by atoms with E-state index in [4.69, 9.17) is 11.6 Å². The monoisotopic (exact) mass is 370 g/mol. The lowest BCUT2D eigenvalue weighted by Crippen LogP contribution is -2.41. The number of piperidine rings is 1. The van der Waals surface area contributed by atoms with Gasteiger partial charge in [-0.2, -0.15) is 0 Å². The molecule has 136 valence electrons. The lowest BCUT2D eigenvalue weighted by atomic mass is 9.95. The molecule has 2 amide bonds. The first-order chi connectivity index (χ1) is 12.4. The zero-order valence-electron chi connectivity index (χ0n) is 15.1. The van der Waals surface area contributed by atoms with Crippen molar-refractivity contribution in [1.29, 1.82) is 0 Å². The Morgan fingerprint density at radius 3 is 2.42 bits per heavy atom. The van der Waals surface area contributed by atoms with Crippen molar-refractivity contribution in [3.05, 3.63) is 64.2 Å². The molecule has 1 fully saturated rings. The molecule has 0 aliphatic carbocycles. The number of anilines is 1. The fourth-order valence-corrected chi connectivity index (χ4v) is 3.40. The van der Waals surface area contributed by atoms with E-state index in [2.05, 4.69) is 5.32 Å². The van der Waals surface area contributed by atoms with Crippen molar-refractivity contribution in [2.24, 2.45) is 5.92 Å². The van der Waals surface area contributed by atoms with E-state index in [1.807, 2.05) is 49.1 Å². The average Bonchev–Trinajstić information content (AvgIpc) is 2.63. The molecule has 3 rings (SSSR count). The van der Waals surface area contributed by atoms with E-state index < -0.39 is 0 Å². The number of rotatable bonds is 3. The van der Waals surface area contributed by atoms with Gasteiger partial charge in [-0.15, -0.1) is 0 Å². The van der Waals surface area contributed by atoms with Gasteiger partial charge in [0.1, 0.15) is 0 Å². The largest absolute Gasteiger partial charge is 0.339 e. The van der Waals surface area contributed by atoms with Gasteiger partial charge in [0.05, 0.1) is 0 Å². The molecule has 0 radical (unpaired) electrons. The first kappa shape index (κ1) is 18.5. The minimum absolute atomic E-state index is 0.00875. The lowest BCUT2D eigenvalue weighted by molar-refractivity contribution is -0.121. The van der Waals surface area contributed by atoms with Crippen LogP contribution in [0.1, 0.15) is 34.3 Å². The number of amides is 2. The van der Waals surface area contributed by atoms with Gasteiger partial charge >= 0.3 is 0 Å². The van der Waals surface area contributed by atoms with Crippen LogP contribution in [0, 0.1) is 19.8 Å². The summed E-state index contributed by atoms with van der Waals surface area (Å²) in [6, 6.07) is 12.9. The summed E-state index contributed by atoms with van der Waals surface area (Å²) in [6.45, 7) is 5.24. The maximum Gasteiger partial charge on any atom is 0.253 e. The van der Waals surface area contributed by atoms with Gasteiger partial charge < -0.3 is 10.2 Å².